The average molecular weight is 617 g/mol. The van der Waals surface area contributed by atoms with Crippen molar-refractivity contribution in [3.05, 3.63) is 89.4 Å². The van der Waals surface area contributed by atoms with Gasteiger partial charge in [-0.15, -0.1) is 0 Å². The first-order valence-corrected chi connectivity index (χ1v) is 16.2. The van der Waals surface area contributed by atoms with Crippen molar-refractivity contribution in [2.75, 3.05) is 37.7 Å². The van der Waals surface area contributed by atoms with Crippen LogP contribution >= 0.6 is 0 Å². The van der Waals surface area contributed by atoms with Gasteiger partial charge >= 0.3 is 0 Å². The largest absolute Gasteiger partial charge is 0.455 e. The summed E-state index contributed by atoms with van der Waals surface area (Å²) in [6.07, 6.45) is 2.56. The second-order valence-corrected chi connectivity index (χ2v) is 13.3. The number of carbonyl (C=O) groups is 2. The van der Waals surface area contributed by atoms with Gasteiger partial charge in [-0.05, 0) is 60.9 Å². The second kappa shape index (κ2) is 11.1. The summed E-state index contributed by atoms with van der Waals surface area (Å²) >= 11 is 0. The number of aromatic nitrogens is 1. The van der Waals surface area contributed by atoms with Crippen LogP contribution in [0.5, 0.6) is 0 Å². The minimum Gasteiger partial charge on any atom is -0.455 e. The minimum atomic E-state index is -3.67. The first-order valence-electron chi connectivity index (χ1n) is 14.3. The molecule has 1 saturated heterocycles. The van der Waals surface area contributed by atoms with Crippen LogP contribution in [-0.4, -0.2) is 63.1 Å². The predicted molar refractivity (Wildman–Crippen MR) is 169 cm³/mol. The lowest BCUT2D eigenvalue weighted by molar-refractivity contribution is 0.0698. The van der Waals surface area contributed by atoms with E-state index in [2.05, 4.69) is 5.32 Å². The van der Waals surface area contributed by atoms with Crippen molar-refractivity contribution in [2.45, 2.75) is 18.8 Å². The van der Waals surface area contributed by atoms with E-state index in [1.807, 2.05) is 52.9 Å². The van der Waals surface area contributed by atoms with Gasteiger partial charge in [0.15, 0.2) is 0 Å². The zero-order valence-corrected chi connectivity index (χ0v) is 25.7. The number of aryl methyl sites for hydroxylation is 1. The molecule has 44 heavy (non-hydrogen) atoms. The number of hydrogen-bond acceptors (Lipinski definition) is 5. The van der Waals surface area contributed by atoms with E-state index in [0.29, 0.717) is 53.0 Å². The number of carbonyl (C=O) groups excluding carboxylic acids is 2. The molecule has 5 aromatic rings. The van der Waals surface area contributed by atoms with Gasteiger partial charge in [-0.1, -0.05) is 18.2 Å². The smallest absolute Gasteiger partial charge is 0.270 e. The van der Waals surface area contributed by atoms with E-state index in [4.69, 9.17) is 4.42 Å². The van der Waals surface area contributed by atoms with Crippen LogP contribution < -0.4 is 9.62 Å². The van der Waals surface area contributed by atoms with Crippen molar-refractivity contribution in [1.29, 1.82) is 0 Å². The van der Waals surface area contributed by atoms with Crippen molar-refractivity contribution < 1.29 is 26.8 Å². The highest BCUT2D eigenvalue weighted by Gasteiger charge is 2.32. The van der Waals surface area contributed by atoms with E-state index < -0.39 is 21.7 Å². The third-order valence-corrected chi connectivity index (χ3v) is 9.75. The van der Waals surface area contributed by atoms with Gasteiger partial charge in [-0.3, -0.25) is 13.9 Å². The van der Waals surface area contributed by atoms with Gasteiger partial charge in [-0.2, -0.15) is 0 Å². The summed E-state index contributed by atoms with van der Waals surface area (Å²) in [5, 5.41) is 4.14. The standard InChI is InChI=1S/C33H33FN4O5S/c1-35-32(39)30-25-17-24(22-9-7-15-38(19-22)33(40)28-16-21-8-5-6-10-26(21)36(28)2)27(37(3)44(4,41)42)18-29(25)43-31(30)20-11-13-23(34)14-12-20/h5-6,8,10-14,16-18,22H,7,9,15,19H2,1-4H3,(H,35,39)/t22-/m1/s1. The summed E-state index contributed by atoms with van der Waals surface area (Å²) in [4.78, 5) is 28.9. The fourth-order valence-corrected chi connectivity index (χ4v) is 6.67. The number of rotatable bonds is 6. The van der Waals surface area contributed by atoms with Crippen molar-refractivity contribution in [1.82, 2.24) is 14.8 Å². The molecule has 6 rings (SSSR count). The maximum Gasteiger partial charge on any atom is 0.270 e. The van der Waals surface area contributed by atoms with Crippen molar-refractivity contribution in [3.63, 3.8) is 0 Å². The Kier molecular flexibility index (Phi) is 7.44. The molecule has 0 radical (unpaired) electrons. The molecule has 0 aliphatic carbocycles. The van der Waals surface area contributed by atoms with Crippen LogP contribution in [0.15, 0.2) is 71.1 Å². The number of hydrogen-bond donors (Lipinski definition) is 1. The maximum absolute atomic E-state index is 13.8. The number of halogens is 1. The molecule has 1 aliphatic rings. The quantitative estimate of drug-likeness (QED) is 0.271. The lowest BCUT2D eigenvalue weighted by Gasteiger charge is -2.35. The van der Waals surface area contributed by atoms with Gasteiger partial charge in [0.05, 0.1) is 17.5 Å². The monoisotopic (exact) mass is 616 g/mol. The van der Waals surface area contributed by atoms with Gasteiger partial charge in [0, 0.05) is 68.1 Å². The number of nitrogens with one attached hydrogen (secondary N) is 1. The van der Waals surface area contributed by atoms with Crippen molar-refractivity contribution in [2.24, 2.45) is 7.05 Å². The minimum absolute atomic E-state index is 0.0968. The molecule has 228 valence electrons. The number of piperidine rings is 1. The normalized spacial score (nSPS) is 15.6. The molecule has 11 heteroatoms. The van der Waals surface area contributed by atoms with Crippen LogP contribution in [0, 0.1) is 5.82 Å². The van der Waals surface area contributed by atoms with E-state index >= 15 is 0 Å². The number of nitrogens with zero attached hydrogens (tertiary/aromatic N) is 3. The molecule has 2 amide bonds. The lowest BCUT2D eigenvalue weighted by Crippen LogP contribution is -2.40. The third-order valence-electron chi connectivity index (χ3n) is 8.55. The highest BCUT2D eigenvalue weighted by atomic mass is 32.2. The van der Waals surface area contributed by atoms with Crippen LogP contribution in [0.3, 0.4) is 0 Å². The molecule has 3 heterocycles. The number of anilines is 1. The van der Waals surface area contributed by atoms with Crippen LogP contribution in [0.25, 0.3) is 33.2 Å². The Morgan fingerprint density at radius 3 is 2.48 bits per heavy atom. The molecule has 3 aromatic carbocycles. The number of fused-ring (bicyclic) bond motifs is 2. The van der Waals surface area contributed by atoms with Crippen LogP contribution in [0.4, 0.5) is 10.1 Å². The fourth-order valence-electron chi connectivity index (χ4n) is 6.15. The van der Waals surface area contributed by atoms with E-state index in [-0.39, 0.29) is 23.1 Å². The Balaban J connectivity index is 1.47. The van der Waals surface area contributed by atoms with E-state index in [1.165, 1.54) is 42.7 Å². The summed E-state index contributed by atoms with van der Waals surface area (Å²) in [7, 11) is 1.19. The van der Waals surface area contributed by atoms with Gasteiger partial charge < -0.3 is 19.2 Å². The molecule has 2 aromatic heterocycles. The first-order chi connectivity index (χ1) is 21.0. The van der Waals surface area contributed by atoms with Crippen molar-refractivity contribution >= 4 is 49.4 Å². The Hall–Kier alpha value is -4.64. The number of likely N-dealkylation sites (tertiary alicyclic amines) is 1. The van der Waals surface area contributed by atoms with E-state index in [0.717, 1.165) is 23.6 Å². The molecular formula is C33H33FN4O5S. The Bertz CT molecular complexity index is 2030. The van der Waals surface area contributed by atoms with Gasteiger partial charge in [0.1, 0.15) is 22.9 Å². The summed E-state index contributed by atoms with van der Waals surface area (Å²) in [6, 6.07) is 18.8. The SMILES string of the molecule is CNC(=O)c1c(-c2ccc(F)cc2)oc2cc(N(C)S(C)(=O)=O)c([C@@H]3CCCN(C(=O)c4cc5ccccc5n4C)C3)cc12. The van der Waals surface area contributed by atoms with Crippen LogP contribution in [0.2, 0.25) is 0 Å². The van der Waals surface area contributed by atoms with Crippen molar-refractivity contribution in [3.8, 4) is 11.3 Å². The fraction of sp³-hybridized carbons (Fsp3) is 0.273. The molecule has 1 atom stereocenters. The Morgan fingerprint density at radius 2 is 1.80 bits per heavy atom. The molecule has 9 nitrogen and oxygen atoms in total. The molecule has 0 bridgehead atoms. The first kappa shape index (κ1) is 29.4. The highest BCUT2D eigenvalue weighted by Crippen LogP contribution is 2.42. The summed E-state index contributed by atoms with van der Waals surface area (Å²) in [5.74, 6) is -0.881. The summed E-state index contributed by atoms with van der Waals surface area (Å²) in [6.45, 7) is 0.939. The highest BCUT2D eigenvalue weighted by molar-refractivity contribution is 7.92. The van der Waals surface area contributed by atoms with Crippen LogP contribution in [0.1, 0.15) is 45.2 Å². The average Bonchev–Trinajstić information content (AvgIpc) is 3.56. The Morgan fingerprint density at radius 1 is 1.07 bits per heavy atom. The molecule has 0 spiro atoms. The lowest BCUT2D eigenvalue weighted by atomic mass is 9.88. The molecule has 0 unspecified atom stereocenters. The molecule has 1 aliphatic heterocycles. The number of benzene rings is 3. The zero-order chi connectivity index (χ0) is 31.3. The summed E-state index contributed by atoms with van der Waals surface area (Å²) < 4.78 is 48.6. The molecular weight excluding hydrogens is 583 g/mol. The van der Waals surface area contributed by atoms with Gasteiger partial charge in [0.2, 0.25) is 10.0 Å². The Labute approximate surface area is 254 Å². The number of sulfonamides is 1. The number of para-hydroxylation sites is 1. The molecule has 1 fully saturated rings. The topological polar surface area (TPSA) is 105 Å². The second-order valence-electron chi connectivity index (χ2n) is 11.3. The molecule has 1 N–H and O–H groups in total. The summed E-state index contributed by atoms with van der Waals surface area (Å²) in [5.41, 5.74) is 3.73. The van der Waals surface area contributed by atoms with E-state index in [9.17, 15) is 22.4 Å². The number of amides is 2. The van der Waals surface area contributed by atoms with Crippen LogP contribution in [-0.2, 0) is 17.1 Å². The number of furan rings is 1. The van der Waals surface area contributed by atoms with E-state index in [1.54, 1.807) is 6.07 Å². The van der Waals surface area contributed by atoms with Gasteiger partial charge in [0.25, 0.3) is 11.8 Å². The third kappa shape index (κ3) is 5.11. The maximum atomic E-state index is 13.8. The molecule has 0 saturated carbocycles. The zero-order valence-electron chi connectivity index (χ0n) is 24.9. The van der Waals surface area contributed by atoms with Gasteiger partial charge in [-0.25, -0.2) is 12.8 Å². The predicted octanol–water partition coefficient (Wildman–Crippen LogP) is 5.51.